The highest BCUT2D eigenvalue weighted by molar-refractivity contribution is 6.25. The molecule has 2 unspecified atom stereocenters. The van der Waals surface area contributed by atoms with Crippen LogP contribution in [0, 0.1) is 11.8 Å². The summed E-state index contributed by atoms with van der Waals surface area (Å²) in [5, 5.41) is 9.94. The molecule has 2 fully saturated rings. The molecular weight excluding hydrogens is 601 g/mol. The number of fused-ring (bicyclic) bond motifs is 4. The molecule has 0 aromatic heterocycles. The summed E-state index contributed by atoms with van der Waals surface area (Å²) in [5.41, 5.74) is 12.2. The lowest BCUT2D eigenvalue weighted by Crippen LogP contribution is -2.33. The number of hydrogen-bond acceptors (Lipinski definition) is 4. The maximum atomic E-state index is 12.4. The lowest BCUT2D eigenvalue weighted by Gasteiger charge is -2.35. The van der Waals surface area contributed by atoms with Crippen molar-refractivity contribution < 1.29 is 9.90 Å². The Labute approximate surface area is 292 Å². The Hall–Kier alpha value is -4.09. The molecule has 4 aliphatic rings. The Bertz CT molecular complexity index is 1860. The number of ketones is 1. The van der Waals surface area contributed by atoms with Crippen LogP contribution in [0.25, 0.3) is 23.3 Å². The summed E-state index contributed by atoms with van der Waals surface area (Å²) in [6, 6.07) is 34.6. The second-order valence-electron chi connectivity index (χ2n) is 14.6. The van der Waals surface area contributed by atoms with E-state index >= 15 is 0 Å². The highest BCUT2D eigenvalue weighted by Gasteiger charge is 2.34. The van der Waals surface area contributed by atoms with Crippen molar-refractivity contribution in [3.05, 3.63) is 142 Å². The maximum absolute atomic E-state index is 12.4. The molecule has 252 valence electrons. The zero-order valence-corrected chi connectivity index (χ0v) is 29.3. The van der Waals surface area contributed by atoms with Crippen molar-refractivity contribution in [2.24, 2.45) is 11.8 Å². The summed E-state index contributed by atoms with van der Waals surface area (Å²) in [6.07, 6.45) is 9.17. The molecule has 0 amide bonds. The molecule has 0 saturated carbocycles. The Morgan fingerprint density at radius 1 is 0.592 bits per heavy atom. The SMILES string of the molecule is CC(=O)C1=Cc2ccccc2C(C2CCN(C)CC2)c2ccccc21.CN1CCC(C2c3ccccc3C=C(CO)c3ccccc32)CC1. The number of aliphatic hydroxyl groups excluding tert-OH is 1. The van der Waals surface area contributed by atoms with E-state index in [1.54, 1.807) is 6.92 Å². The van der Waals surface area contributed by atoms with Gasteiger partial charge in [0.1, 0.15) is 0 Å². The lowest BCUT2D eigenvalue weighted by atomic mass is 9.74. The molecule has 0 bridgehead atoms. The lowest BCUT2D eigenvalue weighted by molar-refractivity contribution is -0.111. The van der Waals surface area contributed by atoms with E-state index in [1.165, 1.54) is 77.7 Å². The van der Waals surface area contributed by atoms with Gasteiger partial charge in [0.15, 0.2) is 5.78 Å². The van der Waals surface area contributed by atoms with Gasteiger partial charge in [-0.05, 0) is 147 Å². The normalized spacial score (nSPS) is 21.3. The Morgan fingerprint density at radius 2 is 1.00 bits per heavy atom. The number of Topliss-reactive ketones (excluding diaryl/α,β-unsaturated/α-hetero) is 1. The molecule has 49 heavy (non-hydrogen) atoms. The van der Waals surface area contributed by atoms with Crippen molar-refractivity contribution in [3.8, 4) is 0 Å². The Kier molecular flexibility index (Phi) is 10.1. The quantitative estimate of drug-likeness (QED) is 0.240. The first-order valence-corrected chi connectivity index (χ1v) is 18.2. The zero-order chi connectivity index (χ0) is 33.9. The van der Waals surface area contributed by atoms with Crippen LogP contribution in [0.2, 0.25) is 0 Å². The number of likely N-dealkylation sites (tertiary alicyclic amines) is 2. The van der Waals surface area contributed by atoms with E-state index in [0.29, 0.717) is 23.7 Å². The standard InChI is InChI=1S/C23H25NO.C22H25NO/c1-16(25)22-15-18-7-3-4-8-19(18)23(17-11-13-24(2)14-12-17)21-10-6-5-9-20(21)22;1-23-12-10-16(11-13-23)22-20-8-3-2-6-17(20)14-18(15-24)19-7-4-5-9-21(19)22/h3-10,15,17,23H,11-14H2,1-2H3;2-9,14,16,22,24H,10-13,15H2,1H3. The molecule has 2 aliphatic carbocycles. The van der Waals surface area contributed by atoms with Crippen LogP contribution in [-0.2, 0) is 4.79 Å². The average molecular weight is 651 g/mol. The summed E-state index contributed by atoms with van der Waals surface area (Å²) in [7, 11) is 4.43. The smallest absolute Gasteiger partial charge is 0.160 e. The van der Waals surface area contributed by atoms with Gasteiger partial charge in [-0.3, -0.25) is 4.79 Å². The minimum absolute atomic E-state index is 0.0888. The number of benzene rings is 4. The van der Waals surface area contributed by atoms with E-state index in [1.807, 2.05) is 0 Å². The fourth-order valence-corrected chi connectivity index (χ4v) is 8.92. The van der Waals surface area contributed by atoms with Crippen LogP contribution in [0.4, 0.5) is 0 Å². The summed E-state index contributed by atoms with van der Waals surface area (Å²) in [6.45, 7) is 6.42. The molecule has 1 N–H and O–H groups in total. The molecule has 2 aliphatic heterocycles. The molecule has 4 aromatic rings. The van der Waals surface area contributed by atoms with Crippen molar-refractivity contribution in [2.75, 3.05) is 46.9 Å². The highest BCUT2D eigenvalue weighted by Crippen LogP contribution is 2.46. The first kappa shape index (κ1) is 33.4. The van der Waals surface area contributed by atoms with Crippen LogP contribution >= 0.6 is 0 Å². The Balaban J connectivity index is 0.000000154. The third-order valence-corrected chi connectivity index (χ3v) is 11.5. The largest absolute Gasteiger partial charge is 0.392 e. The van der Waals surface area contributed by atoms with Crippen LogP contribution in [0.15, 0.2) is 97.1 Å². The van der Waals surface area contributed by atoms with Gasteiger partial charge in [0.05, 0.1) is 6.61 Å². The van der Waals surface area contributed by atoms with Gasteiger partial charge >= 0.3 is 0 Å². The third kappa shape index (κ3) is 6.88. The van der Waals surface area contributed by atoms with Crippen LogP contribution in [-0.4, -0.2) is 67.6 Å². The van der Waals surface area contributed by atoms with Gasteiger partial charge in [-0.2, -0.15) is 0 Å². The predicted molar refractivity (Wildman–Crippen MR) is 203 cm³/mol. The molecule has 2 heterocycles. The fourth-order valence-electron chi connectivity index (χ4n) is 8.92. The van der Waals surface area contributed by atoms with Gasteiger partial charge in [0, 0.05) is 17.4 Å². The molecule has 0 radical (unpaired) electrons. The molecule has 2 saturated heterocycles. The number of rotatable bonds is 4. The van der Waals surface area contributed by atoms with E-state index in [-0.39, 0.29) is 12.4 Å². The fraction of sp³-hybridized carbons (Fsp3) is 0.356. The maximum Gasteiger partial charge on any atom is 0.160 e. The number of carbonyl (C=O) groups excluding carboxylic acids is 1. The van der Waals surface area contributed by atoms with E-state index in [2.05, 4.69) is 133 Å². The first-order chi connectivity index (χ1) is 23.9. The number of piperidine rings is 2. The number of aliphatic hydroxyl groups is 1. The summed E-state index contributed by atoms with van der Waals surface area (Å²) in [4.78, 5) is 17.2. The number of nitrogens with zero attached hydrogens (tertiary/aromatic N) is 2. The zero-order valence-electron chi connectivity index (χ0n) is 29.3. The first-order valence-electron chi connectivity index (χ1n) is 18.2. The second kappa shape index (κ2) is 14.8. The van der Waals surface area contributed by atoms with Crippen LogP contribution in [0.3, 0.4) is 0 Å². The highest BCUT2D eigenvalue weighted by atomic mass is 16.3. The van der Waals surface area contributed by atoms with E-state index in [4.69, 9.17) is 0 Å². The number of allylic oxidation sites excluding steroid dienone is 1. The molecule has 4 heteroatoms. The van der Waals surface area contributed by atoms with Gasteiger partial charge in [-0.1, -0.05) is 97.1 Å². The molecule has 4 aromatic carbocycles. The third-order valence-electron chi connectivity index (χ3n) is 11.5. The topological polar surface area (TPSA) is 43.8 Å². The molecule has 2 atom stereocenters. The van der Waals surface area contributed by atoms with E-state index < -0.39 is 0 Å². The number of carbonyl (C=O) groups is 1. The van der Waals surface area contributed by atoms with Crippen molar-refractivity contribution in [1.82, 2.24) is 9.80 Å². The number of hydrogen-bond donors (Lipinski definition) is 1. The van der Waals surface area contributed by atoms with Crippen molar-refractivity contribution in [1.29, 1.82) is 0 Å². The molecule has 8 rings (SSSR count). The predicted octanol–water partition coefficient (Wildman–Crippen LogP) is 8.61. The molecular formula is C45H50N2O2. The molecule has 4 nitrogen and oxygen atoms in total. The van der Waals surface area contributed by atoms with Crippen LogP contribution < -0.4 is 0 Å². The van der Waals surface area contributed by atoms with Crippen molar-refractivity contribution >= 4 is 29.1 Å². The van der Waals surface area contributed by atoms with Crippen LogP contribution in [0.1, 0.15) is 89.0 Å². The van der Waals surface area contributed by atoms with E-state index in [0.717, 1.165) is 29.8 Å². The minimum Gasteiger partial charge on any atom is -0.392 e. The minimum atomic E-state index is 0.0888. The summed E-state index contributed by atoms with van der Waals surface area (Å²) in [5.74, 6) is 2.22. The van der Waals surface area contributed by atoms with Crippen molar-refractivity contribution in [3.63, 3.8) is 0 Å². The van der Waals surface area contributed by atoms with Crippen LogP contribution in [0.5, 0.6) is 0 Å². The second-order valence-corrected chi connectivity index (χ2v) is 14.6. The van der Waals surface area contributed by atoms with Gasteiger partial charge < -0.3 is 14.9 Å². The monoisotopic (exact) mass is 650 g/mol. The van der Waals surface area contributed by atoms with Gasteiger partial charge in [0.2, 0.25) is 0 Å². The van der Waals surface area contributed by atoms with Gasteiger partial charge in [0.25, 0.3) is 0 Å². The average Bonchev–Trinajstić information content (AvgIpc) is 3.37. The van der Waals surface area contributed by atoms with Gasteiger partial charge in [-0.15, -0.1) is 0 Å². The van der Waals surface area contributed by atoms with Crippen molar-refractivity contribution in [2.45, 2.75) is 44.4 Å². The Morgan fingerprint density at radius 3 is 1.49 bits per heavy atom. The summed E-state index contributed by atoms with van der Waals surface area (Å²) < 4.78 is 0. The van der Waals surface area contributed by atoms with E-state index in [9.17, 15) is 9.90 Å². The molecule has 0 spiro atoms. The summed E-state index contributed by atoms with van der Waals surface area (Å²) >= 11 is 0. The van der Waals surface area contributed by atoms with Gasteiger partial charge in [-0.25, -0.2) is 0 Å².